The van der Waals surface area contributed by atoms with Crippen LogP contribution in [0.1, 0.15) is 113 Å². The molecule has 2 saturated carbocycles. The Morgan fingerprint density at radius 1 is 0.909 bits per heavy atom. The van der Waals surface area contributed by atoms with Gasteiger partial charge >= 0.3 is 0 Å². The van der Waals surface area contributed by atoms with E-state index in [1.54, 1.807) is 11.1 Å². The Morgan fingerprint density at radius 2 is 1.61 bits per heavy atom. The topological polar surface area (TPSA) is 49.7 Å². The predicted octanol–water partition coefficient (Wildman–Crippen LogP) is 6.66. The van der Waals surface area contributed by atoms with Crippen molar-refractivity contribution in [3.63, 3.8) is 0 Å². The molecular weight excluding hydrogens is 408 g/mol. The van der Waals surface area contributed by atoms with Crippen LogP contribution in [0, 0.1) is 39.4 Å². The highest BCUT2D eigenvalue weighted by molar-refractivity contribution is 5.39. The summed E-state index contributed by atoms with van der Waals surface area (Å²) < 4.78 is 6.85. The van der Waals surface area contributed by atoms with E-state index in [0.29, 0.717) is 17.8 Å². The molecule has 188 valence electrons. The van der Waals surface area contributed by atoms with Gasteiger partial charge in [-0.3, -0.25) is 0 Å². The minimum absolute atomic E-state index is 0.00762. The molecule has 0 spiro atoms. The van der Waals surface area contributed by atoms with Crippen LogP contribution in [0.25, 0.3) is 0 Å². The first-order chi connectivity index (χ1) is 15.2. The molecule has 1 aliphatic heterocycles. The molecule has 2 N–H and O–H groups in total. The van der Waals surface area contributed by atoms with E-state index < -0.39 is 5.60 Å². The van der Waals surface area contributed by atoms with Gasteiger partial charge < -0.3 is 14.9 Å². The van der Waals surface area contributed by atoms with Gasteiger partial charge in [-0.2, -0.15) is 0 Å². The first-order valence-electron chi connectivity index (χ1n) is 13.9. The Hall–Kier alpha value is -0.380. The number of allylic oxidation sites excluding steroid dienone is 2. The molecule has 5 aliphatic rings. The molecule has 3 heteroatoms. The largest absolute Gasteiger partial charge is 0.393 e. The predicted molar refractivity (Wildman–Crippen MR) is 134 cm³/mol. The van der Waals surface area contributed by atoms with Gasteiger partial charge in [0, 0.05) is 0 Å². The lowest BCUT2D eigenvalue weighted by Crippen LogP contribution is -2.55. The average molecular weight is 459 g/mol. The summed E-state index contributed by atoms with van der Waals surface area (Å²) in [5, 5.41) is 21.7. The van der Waals surface area contributed by atoms with Crippen molar-refractivity contribution in [1.29, 1.82) is 0 Å². The fourth-order valence-corrected chi connectivity index (χ4v) is 10.3. The number of aliphatic hydroxyl groups excluding tert-OH is 1. The number of aliphatic hydroxyl groups is 2. The van der Waals surface area contributed by atoms with Crippen LogP contribution in [0.2, 0.25) is 0 Å². The molecule has 0 radical (unpaired) electrons. The van der Waals surface area contributed by atoms with Gasteiger partial charge in [0.15, 0.2) is 0 Å². The molecule has 0 aromatic carbocycles. The third-order valence-corrected chi connectivity index (χ3v) is 12.4. The Balaban J connectivity index is 1.56. The zero-order valence-corrected chi connectivity index (χ0v) is 22.6. The van der Waals surface area contributed by atoms with Crippen LogP contribution >= 0.6 is 0 Å². The van der Waals surface area contributed by atoms with Gasteiger partial charge in [0.2, 0.25) is 0 Å². The van der Waals surface area contributed by atoms with Crippen molar-refractivity contribution in [3.8, 4) is 0 Å². The van der Waals surface area contributed by atoms with Crippen LogP contribution in [0.5, 0.6) is 0 Å². The zero-order chi connectivity index (χ0) is 24.2. The highest BCUT2D eigenvalue weighted by Gasteiger charge is 2.66. The molecular formula is C30H50O3. The summed E-state index contributed by atoms with van der Waals surface area (Å²) in [6.07, 6.45) is 10.2. The van der Waals surface area contributed by atoms with Crippen molar-refractivity contribution in [2.45, 2.75) is 137 Å². The lowest BCUT2D eigenvalue weighted by atomic mass is 9.43. The summed E-state index contributed by atoms with van der Waals surface area (Å²) in [6.45, 7) is 18.7. The van der Waals surface area contributed by atoms with Crippen molar-refractivity contribution in [2.75, 3.05) is 0 Å². The second-order valence-electron chi connectivity index (χ2n) is 14.7. The van der Waals surface area contributed by atoms with E-state index in [4.69, 9.17) is 4.74 Å². The van der Waals surface area contributed by atoms with Crippen LogP contribution in [0.4, 0.5) is 0 Å². The summed E-state index contributed by atoms with van der Waals surface area (Å²) in [4.78, 5) is 0. The van der Waals surface area contributed by atoms with Gasteiger partial charge in [0.25, 0.3) is 0 Å². The number of rotatable bonds is 1. The third kappa shape index (κ3) is 3.17. The lowest BCUT2D eigenvalue weighted by Gasteiger charge is -2.62. The van der Waals surface area contributed by atoms with E-state index in [0.717, 1.165) is 32.1 Å². The SMILES string of the molecule is C[C@@H]1CC[C@H](C(C)(C)O)O[C@H]2C[C@@]3(C)C4=C(CC[C@]3(C)[C@@H]12)[C@@]1(C)CC[C@@H](O)C(C)(C)[C@@H]1CC4. The van der Waals surface area contributed by atoms with Gasteiger partial charge in [-0.15, -0.1) is 0 Å². The molecule has 5 rings (SSSR count). The molecule has 0 aromatic heterocycles. The van der Waals surface area contributed by atoms with Crippen LogP contribution in [-0.4, -0.2) is 34.1 Å². The monoisotopic (exact) mass is 458 g/mol. The van der Waals surface area contributed by atoms with Crippen molar-refractivity contribution in [1.82, 2.24) is 0 Å². The molecule has 0 unspecified atom stereocenters. The second-order valence-corrected chi connectivity index (χ2v) is 14.7. The first kappa shape index (κ1) is 24.3. The van der Waals surface area contributed by atoms with Crippen LogP contribution < -0.4 is 0 Å². The Kier molecular flexibility index (Phi) is 5.40. The molecule has 3 fully saturated rings. The minimum atomic E-state index is -0.783. The van der Waals surface area contributed by atoms with E-state index in [-0.39, 0.29) is 40.0 Å². The third-order valence-electron chi connectivity index (χ3n) is 12.4. The smallest absolute Gasteiger partial charge is 0.0860 e. The number of fused-ring (bicyclic) bond motifs is 6. The van der Waals surface area contributed by atoms with Gasteiger partial charge in [-0.25, -0.2) is 0 Å². The van der Waals surface area contributed by atoms with E-state index in [9.17, 15) is 10.2 Å². The molecule has 33 heavy (non-hydrogen) atoms. The highest BCUT2D eigenvalue weighted by Crippen LogP contribution is 2.73. The zero-order valence-electron chi connectivity index (χ0n) is 22.6. The van der Waals surface area contributed by atoms with E-state index in [1.165, 1.54) is 25.7 Å². The maximum Gasteiger partial charge on any atom is 0.0860 e. The molecule has 3 nitrogen and oxygen atoms in total. The first-order valence-corrected chi connectivity index (χ1v) is 13.9. The van der Waals surface area contributed by atoms with Gasteiger partial charge in [0.05, 0.1) is 23.9 Å². The summed E-state index contributed by atoms with van der Waals surface area (Å²) in [5.74, 6) is 1.77. The standard InChI is InChI=1S/C30H50O3/c1-18-9-12-24(27(4,5)32)33-21-17-30(8)20-10-11-22-26(2,3)23(31)14-15-28(22,6)19(20)13-16-29(30,7)25(18)21/h18,21-25,31-32H,9-17H2,1-8H3/t18-,21+,22+,23-,24-,25+,28-,29-,30+/m1/s1. The average Bonchev–Trinajstić information content (AvgIpc) is 2.81. The summed E-state index contributed by atoms with van der Waals surface area (Å²) >= 11 is 0. The van der Waals surface area contributed by atoms with Crippen LogP contribution in [0.15, 0.2) is 11.1 Å². The van der Waals surface area contributed by atoms with Crippen molar-refractivity contribution < 1.29 is 14.9 Å². The van der Waals surface area contributed by atoms with E-state index in [2.05, 4.69) is 41.5 Å². The van der Waals surface area contributed by atoms with Gasteiger partial charge in [-0.1, -0.05) is 52.7 Å². The molecule has 4 aliphatic carbocycles. The van der Waals surface area contributed by atoms with Crippen LogP contribution in [-0.2, 0) is 4.74 Å². The molecule has 0 bridgehead atoms. The van der Waals surface area contributed by atoms with Crippen molar-refractivity contribution in [2.24, 2.45) is 39.4 Å². The minimum Gasteiger partial charge on any atom is -0.393 e. The van der Waals surface area contributed by atoms with E-state index in [1.807, 2.05) is 13.8 Å². The maximum absolute atomic E-state index is 10.9. The Labute approximate surface area is 202 Å². The number of hydrogen-bond acceptors (Lipinski definition) is 3. The summed E-state index contributed by atoms with van der Waals surface area (Å²) in [7, 11) is 0. The van der Waals surface area contributed by atoms with Crippen molar-refractivity contribution in [3.05, 3.63) is 11.1 Å². The quantitative estimate of drug-likeness (QED) is 0.432. The molecule has 1 saturated heterocycles. The fourth-order valence-electron chi connectivity index (χ4n) is 10.3. The fraction of sp³-hybridized carbons (Fsp3) is 0.933. The summed E-state index contributed by atoms with van der Waals surface area (Å²) in [6, 6.07) is 0. The molecule has 0 amide bonds. The second kappa shape index (κ2) is 7.32. The molecule has 0 aromatic rings. The highest BCUT2D eigenvalue weighted by atomic mass is 16.5. The Bertz CT molecular complexity index is 836. The van der Waals surface area contributed by atoms with Gasteiger partial charge in [-0.05, 0) is 111 Å². The maximum atomic E-state index is 10.9. The number of ether oxygens (including phenoxy) is 1. The number of hydrogen-bond donors (Lipinski definition) is 2. The molecule has 1 heterocycles. The lowest BCUT2D eigenvalue weighted by molar-refractivity contribution is -0.126. The van der Waals surface area contributed by atoms with E-state index >= 15 is 0 Å². The Morgan fingerprint density at radius 3 is 2.27 bits per heavy atom. The van der Waals surface area contributed by atoms with Gasteiger partial charge in [0.1, 0.15) is 0 Å². The molecule has 9 atom stereocenters. The van der Waals surface area contributed by atoms with Crippen LogP contribution in [0.3, 0.4) is 0 Å². The normalized spacial score (nSPS) is 51.8. The summed E-state index contributed by atoms with van der Waals surface area (Å²) in [5.41, 5.74) is 3.42. The van der Waals surface area contributed by atoms with Crippen molar-refractivity contribution >= 4 is 0 Å².